The number of halogens is 1. The van der Waals surface area contributed by atoms with Crippen LogP contribution in [0.3, 0.4) is 0 Å². The molecule has 0 atom stereocenters. The number of hydrogen-bond acceptors (Lipinski definition) is 1. The van der Waals surface area contributed by atoms with E-state index in [0.717, 1.165) is 11.8 Å². The number of rotatable bonds is 1. The molecule has 0 spiro atoms. The molecule has 1 aromatic heterocycles. The minimum absolute atomic E-state index is 0.0316. The molecule has 62 valence electrons. The predicted molar refractivity (Wildman–Crippen MR) is 52.4 cm³/mol. The maximum Gasteiger partial charge on any atom is 0.197 e. The highest BCUT2D eigenvalue weighted by Gasteiger charge is 1.89. The van der Waals surface area contributed by atoms with Crippen LogP contribution in [0.2, 0.25) is 0 Å². The fraction of sp³-hybridized carbons (Fsp3) is 0.222. The second-order valence-corrected chi connectivity index (χ2v) is 2.96. The summed E-state index contributed by atoms with van der Waals surface area (Å²) >= 11 is 3.25. The SMILES string of the molecule is O=c1cc[nH]cc1C#CCCBr. The van der Waals surface area contributed by atoms with Gasteiger partial charge in [0.25, 0.3) is 0 Å². The third-order valence-electron chi connectivity index (χ3n) is 1.27. The van der Waals surface area contributed by atoms with Gasteiger partial charge in [0.2, 0.25) is 0 Å². The molecule has 12 heavy (non-hydrogen) atoms. The third kappa shape index (κ3) is 2.55. The second kappa shape index (κ2) is 4.78. The first-order valence-electron chi connectivity index (χ1n) is 3.56. The largest absolute Gasteiger partial charge is 0.366 e. The molecule has 0 unspecified atom stereocenters. The van der Waals surface area contributed by atoms with Crippen molar-refractivity contribution in [1.82, 2.24) is 4.98 Å². The Kier molecular flexibility index (Phi) is 3.62. The van der Waals surface area contributed by atoms with Crippen LogP contribution in [0.25, 0.3) is 0 Å². The van der Waals surface area contributed by atoms with Crippen LogP contribution in [-0.2, 0) is 0 Å². The predicted octanol–water partition coefficient (Wildman–Crippen LogP) is 1.51. The van der Waals surface area contributed by atoms with E-state index < -0.39 is 0 Å². The van der Waals surface area contributed by atoms with Gasteiger partial charge in [-0.2, -0.15) is 0 Å². The number of nitrogens with one attached hydrogen (secondary N) is 1. The lowest BCUT2D eigenvalue weighted by Gasteiger charge is -1.85. The van der Waals surface area contributed by atoms with Crippen molar-refractivity contribution in [2.24, 2.45) is 0 Å². The number of aromatic nitrogens is 1. The highest BCUT2D eigenvalue weighted by atomic mass is 79.9. The van der Waals surface area contributed by atoms with Crippen LogP contribution in [0.5, 0.6) is 0 Å². The summed E-state index contributed by atoms with van der Waals surface area (Å²) in [6.07, 6.45) is 3.97. The van der Waals surface area contributed by atoms with E-state index in [0.29, 0.717) is 5.56 Å². The van der Waals surface area contributed by atoms with E-state index in [9.17, 15) is 4.79 Å². The van der Waals surface area contributed by atoms with Crippen molar-refractivity contribution in [3.05, 3.63) is 34.2 Å². The Labute approximate surface area is 79.1 Å². The average Bonchev–Trinajstić information content (AvgIpc) is 2.09. The van der Waals surface area contributed by atoms with Gasteiger partial charge in [0.15, 0.2) is 5.43 Å². The summed E-state index contributed by atoms with van der Waals surface area (Å²) < 4.78 is 0. The fourth-order valence-corrected chi connectivity index (χ4v) is 0.917. The van der Waals surface area contributed by atoms with Crippen LogP contribution in [0.1, 0.15) is 12.0 Å². The zero-order valence-corrected chi connectivity index (χ0v) is 8.02. The summed E-state index contributed by atoms with van der Waals surface area (Å²) in [5.41, 5.74) is 0.495. The maximum absolute atomic E-state index is 11.1. The molecule has 0 saturated heterocycles. The van der Waals surface area contributed by atoms with Gasteiger partial charge in [-0.25, -0.2) is 0 Å². The molecule has 0 radical (unpaired) electrons. The summed E-state index contributed by atoms with van der Waals surface area (Å²) in [6.45, 7) is 0. The lowest BCUT2D eigenvalue weighted by atomic mass is 10.3. The molecule has 0 saturated carbocycles. The zero-order valence-electron chi connectivity index (χ0n) is 6.43. The summed E-state index contributed by atoms with van der Waals surface area (Å²) in [5.74, 6) is 5.67. The maximum atomic E-state index is 11.1. The van der Waals surface area contributed by atoms with Crippen molar-refractivity contribution in [2.75, 3.05) is 5.33 Å². The molecule has 1 rings (SSSR count). The van der Waals surface area contributed by atoms with Crippen LogP contribution < -0.4 is 5.43 Å². The number of hydrogen-bond donors (Lipinski definition) is 1. The van der Waals surface area contributed by atoms with Gasteiger partial charge in [0.05, 0.1) is 5.56 Å². The van der Waals surface area contributed by atoms with Crippen molar-refractivity contribution in [2.45, 2.75) is 6.42 Å². The Morgan fingerprint density at radius 1 is 1.58 bits per heavy atom. The fourth-order valence-electron chi connectivity index (χ4n) is 0.719. The zero-order chi connectivity index (χ0) is 8.81. The minimum Gasteiger partial charge on any atom is -0.366 e. The number of H-pyrrole nitrogens is 1. The lowest BCUT2D eigenvalue weighted by Crippen LogP contribution is -2.02. The van der Waals surface area contributed by atoms with E-state index in [1.54, 1.807) is 12.4 Å². The van der Waals surface area contributed by atoms with Crippen LogP contribution in [0, 0.1) is 11.8 Å². The van der Waals surface area contributed by atoms with E-state index in [2.05, 4.69) is 32.8 Å². The molecule has 0 aliphatic rings. The van der Waals surface area contributed by atoms with E-state index in [-0.39, 0.29) is 5.43 Å². The molecule has 3 heteroatoms. The van der Waals surface area contributed by atoms with E-state index in [4.69, 9.17) is 0 Å². The molecule has 0 aliphatic carbocycles. The highest BCUT2D eigenvalue weighted by Crippen LogP contribution is 1.87. The molecular weight excluding hydrogens is 218 g/mol. The summed E-state index contributed by atoms with van der Waals surface area (Å²) in [6, 6.07) is 1.47. The topological polar surface area (TPSA) is 32.9 Å². The average molecular weight is 226 g/mol. The normalized spacial score (nSPS) is 8.75. The Morgan fingerprint density at radius 3 is 3.08 bits per heavy atom. The molecule has 0 fully saturated rings. The van der Waals surface area contributed by atoms with Gasteiger partial charge in [-0.15, -0.1) is 0 Å². The van der Waals surface area contributed by atoms with E-state index in [1.807, 2.05) is 0 Å². The second-order valence-electron chi connectivity index (χ2n) is 2.16. The molecule has 0 amide bonds. The van der Waals surface area contributed by atoms with Gasteiger partial charge in [-0.3, -0.25) is 4.79 Å². The Balaban J connectivity index is 2.85. The van der Waals surface area contributed by atoms with Gasteiger partial charge in [0.1, 0.15) is 0 Å². The standard InChI is InChI=1S/C9H8BrNO/c10-5-2-1-3-8-7-11-6-4-9(8)12/h4,6-7H,2,5H2,(H,11,12). The van der Waals surface area contributed by atoms with Gasteiger partial charge in [-0.1, -0.05) is 27.8 Å². The quantitative estimate of drug-likeness (QED) is 0.571. The smallest absolute Gasteiger partial charge is 0.197 e. The van der Waals surface area contributed by atoms with Gasteiger partial charge in [-0.05, 0) is 0 Å². The monoisotopic (exact) mass is 225 g/mol. The molecule has 1 heterocycles. The molecular formula is C9H8BrNO. The Hall–Kier alpha value is -1.01. The van der Waals surface area contributed by atoms with Crippen LogP contribution in [0.4, 0.5) is 0 Å². The molecule has 2 nitrogen and oxygen atoms in total. The van der Waals surface area contributed by atoms with Crippen molar-refractivity contribution < 1.29 is 0 Å². The summed E-state index contributed by atoms with van der Waals surface area (Å²) in [5, 5.41) is 0.838. The third-order valence-corrected chi connectivity index (χ3v) is 1.66. The van der Waals surface area contributed by atoms with Gasteiger partial charge >= 0.3 is 0 Å². The van der Waals surface area contributed by atoms with Crippen molar-refractivity contribution in [1.29, 1.82) is 0 Å². The van der Waals surface area contributed by atoms with Gasteiger partial charge in [0, 0.05) is 30.2 Å². The number of pyridine rings is 1. The lowest BCUT2D eigenvalue weighted by molar-refractivity contribution is 1.28. The van der Waals surface area contributed by atoms with Crippen molar-refractivity contribution in [3.63, 3.8) is 0 Å². The first kappa shape index (κ1) is 9.08. The highest BCUT2D eigenvalue weighted by molar-refractivity contribution is 9.09. The molecule has 0 aliphatic heterocycles. The van der Waals surface area contributed by atoms with Crippen LogP contribution >= 0.6 is 15.9 Å². The summed E-state index contributed by atoms with van der Waals surface area (Å²) in [7, 11) is 0. The van der Waals surface area contributed by atoms with Gasteiger partial charge < -0.3 is 4.98 Å². The summed E-state index contributed by atoms with van der Waals surface area (Å²) in [4.78, 5) is 13.9. The van der Waals surface area contributed by atoms with E-state index in [1.165, 1.54) is 6.07 Å². The molecule has 1 N–H and O–H groups in total. The minimum atomic E-state index is -0.0316. The van der Waals surface area contributed by atoms with Crippen LogP contribution in [0.15, 0.2) is 23.3 Å². The molecule has 0 bridgehead atoms. The molecule has 0 aromatic carbocycles. The van der Waals surface area contributed by atoms with Crippen molar-refractivity contribution in [3.8, 4) is 11.8 Å². The number of aromatic amines is 1. The first-order chi connectivity index (χ1) is 5.84. The van der Waals surface area contributed by atoms with E-state index >= 15 is 0 Å². The Morgan fingerprint density at radius 2 is 2.42 bits per heavy atom. The Bertz CT molecular complexity index is 359. The molecule has 1 aromatic rings. The first-order valence-corrected chi connectivity index (χ1v) is 4.68. The number of alkyl halides is 1. The van der Waals surface area contributed by atoms with Crippen molar-refractivity contribution >= 4 is 15.9 Å². The van der Waals surface area contributed by atoms with Crippen LogP contribution in [-0.4, -0.2) is 10.3 Å².